The summed E-state index contributed by atoms with van der Waals surface area (Å²) in [6.45, 7) is 15.2. The summed E-state index contributed by atoms with van der Waals surface area (Å²) in [5, 5.41) is 0. The largest absolute Gasteiger partial charge is 0.324 e. The molecule has 26 heavy (non-hydrogen) atoms. The van der Waals surface area contributed by atoms with Crippen LogP contribution in [-0.4, -0.2) is 30.7 Å². The second-order valence-electron chi connectivity index (χ2n) is 8.83. The lowest BCUT2D eigenvalue weighted by atomic mass is 10.1. The molecule has 0 heterocycles. The van der Waals surface area contributed by atoms with E-state index in [9.17, 15) is 0 Å². The van der Waals surface area contributed by atoms with Gasteiger partial charge in [-0.1, -0.05) is 91.9 Å². The van der Waals surface area contributed by atoms with Crippen molar-refractivity contribution in [1.82, 2.24) is 0 Å². The molecule has 158 valence electrons. The van der Waals surface area contributed by atoms with Crippen molar-refractivity contribution in [3.63, 3.8) is 0 Å². The third kappa shape index (κ3) is 15.1. The van der Waals surface area contributed by atoms with Gasteiger partial charge in [-0.3, -0.25) is 0 Å². The lowest BCUT2D eigenvalue weighted by Gasteiger charge is -2.39. The van der Waals surface area contributed by atoms with E-state index in [1.54, 1.807) is 0 Å². The van der Waals surface area contributed by atoms with E-state index in [4.69, 9.17) is 0 Å². The minimum absolute atomic E-state index is 1.36. The predicted molar refractivity (Wildman–Crippen MR) is 121 cm³/mol. The summed E-state index contributed by atoms with van der Waals surface area (Å²) in [6.07, 6.45) is 24.3. The molecule has 0 atom stereocenters. The standard InChI is InChI=1S/C25H54N/c1-5-9-13-16-19-23-26(22-12-8-4,24-20-17-14-10-6-2)25-21-18-15-11-7-3/h5-25H2,1-4H3/q+1. The van der Waals surface area contributed by atoms with Gasteiger partial charge in [-0.25, -0.2) is 0 Å². The summed E-state index contributed by atoms with van der Waals surface area (Å²) in [5.41, 5.74) is 0. The average Bonchev–Trinajstić information content (AvgIpc) is 2.65. The number of quaternary nitrogens is 1. The van der Waals surface area contributed by atoms with Crippen LogP contribution in [0.25, 0.3) is 0 Å². The number of nitrogens with zero attached hydrogens (tertiary/aromatic N) is 1. The maximum atomic E-state index is 2.37. The molecule has 0 fully saturated rings. The van der Waals surface area contributed by atoms with Gasteiger partial charge in [-0.2, -0.15) is 0 Å². The molecule has 0 N–H and O–H groups in total. The molecule has 1 nitrogen and oxygen atoms in total. The molecule has 0 aliphatic carbocycles. The number of hydrogen-bond donors (Lipinski definition) is 0. The van der Waals surface area contributed by atoms with Crippen LogP contribution in [0.3, 0.4) is 0 Å². The van der Waals surface area contributed by atoms with Gasteiger partial charge in [0.25, 0.3) is 0 Å². The fraction of sp³-hybridized carbons (Fsp3) is 1.00. The highest BCUT2D eigenvalue weighted by atomic mass is 15.3. The van der Waals surface area contributed by atoms with Crippen LogP contribution in [0.4, 0.5) is 0 Å². The van der Waals surface area contributed by atoms with E-state index in [2.05, 4.69) is 27.7 Å². The van der Waals surface area contributed by atoms with Gasteiger partial charge in [0.15, 0.2) is 0 Å². The Balaban J connectivity index is 4.52. The van der Waals surface area contributed by atoms with E-state index < -0.39 is 0 Å². The number of unbranched alkanes of at least 4 members (excludes halogenated alkanes) is 13. The van der Waals surface area contributed by atoms with Crippen molar-refractivity contribution >= 4 is 0 Å². The molecule has 0 bridgehead atoms. The zero-order chi connectivity index (χ0) is 19.3. The fourth-order valence-corrected chi connectivity index (χ4v) is 4.32. The van der Waals surface area contributed by atoms with Crippen molar-refractivity contribution < 1.29 is 4.48 Å². The molecule has 0 aliphatic rings. The Morgan fingerprint density at radius 1 is 0.308 bits per heavy atom. The van der Waals surface area contributed by atoms with Gasteiger partial charge < -0.3 is 4.48 Å². The SMILES string of the molecule is CCCCCCC[N+](CCCC)(CCCCCCC)CCCCCCC. The van der Waals surface area contributed by atoms with Crippen molar-refractivity contribution in [2.45, 2.75) is 137 Å². The van der Waals surface area contributed by atoms with Crippen LogP contribution in [0, 0.1) is 0 Å². The summed E-state index contributed by atoms with van der Waals surface area (Å²) < 4.78 is 1.46. The minimum atomic E-state index is 1.36. The summed E-state index contributed by atoms with van der Waals surface area (Å²) in [5.74, 6) is 0. The first-order valence-electron chi connectivity index (χ1n) is 12.6. The second kappa shape index (κ2) is 19.7. The lowest BCUT2D eigenvalue weighted by molar-refractivity contribution is -0.929. The van der Waals surface area contributed by atoms with E-state index in [1.807, 2.05) is 0 Å². The first-order valence-corrected chi connectivity index (χ1v) is 12.6. The van der Waals surface area contributed by atoms with Crippen molar-refractivity contribution in [2.24, 2.45) is 0 Å². The predicted octanol–water partition coefficient (Wildman–Crippen LogP) is 8.51. The number of hydrogen-bond acceptors (Lipinski definition) is 0. The van der Waals surface area contributed by atoms with Crippen LogP contribution in [0.5, 0.6) is 0 Å². The summed E-state index contributed by atoms with van der Waals surface area (Å²) in [6, 6.07) is 0. The van der Waals surface area contributed by atoms with Crippen LogP contribution in [-0.2, 0) is 0 Å². The summed E-state index contributed by atoms with van der Waals surface area (Å²) >= 11 is 0. The maximum absolute atomic E-state index is 2.37. The minimum Gasteiger partial charge on any atom is -0.324 e. The molecule has 1 heteroatoms. The van der Waals surface area contributed by atoms with Crippen LogP contribution >= 0.6 is 0 Å². The third-order valence-corrected chi connectivity index (χ3v) is 6.19. The van der Waals surface area contributed by atoms with Crippen molar-refractivity contribution in [3.8, 4) is 0 Å². The van der Waals surface area contributed by atoms with Gasteiger partial charge in [0.1, 0.15) is 0 Å². The highest BCUT2D eigenvalue weighted by Crippen LogP contribution is 2.19. The molecule has 0 radical (unpaired) electrons. The Labute approximate surface area is 167 Å². The molecule has 0 amide bonds. The van der Waals surface area contributed by atoms with Crippen molar-refractivity contribution in [2.75, 3.05) is 26.2 Å². The Bertz CT molecular complexity index is 225. The molecular weight excluding hydrogens is 314 g/mol. The highest BCUT2D eigenvalue weighted by molar-refractivity contribution is 4.53. The van der Waals surface area contributed by atoms with Gasteiger partial charge >= 0.3 is 0 Å². The van der Waals surface area contributed by atoms with E-state index in [1.165, 1.54) is 140 Å². The highest BCUT2D eigenvalue weighted by Gasteiger charge is 2.25. The molecule has 0 saturated carbocycles. The Morgan fingerprint density at radius 2 is 0.577 bits per heavy atom. The zero-order valence-electron chi connectivity index (χ0n) is 19.3. The quantitative estimate of drug-likeness (QED) is 0.141. The average molecular weight is 369 g/mol. The smallest absolute Gasteiger partial charge is 0.0786 e. The molecule has 0 aromatic carbocycles. The van der Waals surface area contributed by atoms with E-state index >= 15 is 0 Å². The van der Waals surface area contributed by atoms with Crippen LogP contribution in [0.15, 0.2) is 0 Å². The fourth-order valence-electron chi connectivity index (χ4n) is 4.32. The molecule has 0 rings (SSSR count). The molecule has 0 unspecified atom stereocenters. The Morgan fingerprint density at radius 3 is 0.885 bits per heavy atom. The van der Waals surface area contributed by atoms with Crippen molar-refractivity contribution in [1.29, 1.82) is 0 Å². The molecule has 0 aromatic heterocycles. The van der Waals surface area contributed by atoms with Crippen LogP contribution < -0.4 is 0 Å². The van der Waals surface area contributed by atoms with E-state index in [-0.39, 0.29) is 0 Å². The Hall–Kier alpha value is -0.0400. The molecule has 0 saturated heterocycles. The van der Waals surface area contributed by atoms with E-state index in [0.717, 1.165) is 0 Å². The first-order chi connectivity index (χ1) is 12.7. The van der Waals surface area contributed by atoms with Gasteiger partial charge in [0.2, 0.25) is 0 Å². The molecule has 0 spiro atoms. The first kappa shape index (κ1) is 26.0. The Kier molecular flexibility index (Phi) is 19.7. The van der Waals surface area contributed by atoms with Crippen LogP contribution in [0.1, 0.15) is 137 Å². The normalized spacial score (nSPS) is 12.0. The molecular formula is C25H54N+. The maximum Gasteiger partial charge on any atom is 0.0786 e. The molecule has 0 aliphatic heterocycles. The molecule has 0 aromatic rings. The van der Waals surface area contributed by atoms with Gasteiger partial charge in [-0.05, 0) is 44.9 Å². The van der Waals surface area contributed by atoms with Gasteiger partial charge in [0.05, 0.1) is 26.2 Å². The second-order valence-corrected chi connectivity index (χ2v) is 8.83. The summed E-state index contributed by atoms with van der Waals surface area (Å²) in [4.78, 5) is 0. The van der Waals surface area contributed by atoms with Crippen LogP contribution in [0.2, 0.25) is 0 Å². The number of rotatable bonds is 21. The van der Waals surface area contributed by atoms with Gasteiger partial charge in [-0.15, -0.1) is 0 Å². The topological polar surface area (TPSA) is 0 Å². The zero-order valence-corrected chi connectivity index (χ0v) is 19.3. The summed E-state index contributed by atoms with van der Waals surface area (Å²) in [7, 11) is 0. The monoisotopic (exact) mass is 368 g/mol. The van der Waals surface area contributed by atoms with Crippen molar-refractivity contribution in [3.05, 3.63) is 0 Å². The van der Waals surface area contributed by atoms with Gasteiger partial charge in [0, 0.05) is 0 Å². The van der Waals surface area contributed by atoms with E-state index in [0.29, 0.717) is 0 Å². The lowest BCUT2D eigenvalue weighted by Crippen LogP contribution is -2.50. The third-order valence-electron chi connectivity index (χ3n) is 6.19.